The highest BCUT2D eigenvalue weighted by Crippen LogP contribution is 2.31. The number of rotatable bonds is 6. The van der Waals surface area contributed by atoms with Crippen molar-refractivity contribution in [3.05, 3.63) is 65.7 Å². The van der Waals surface area contributed by atoms with Crippen molar-refractivity contribution >= 4 is 11.6 Å². The van der Waals surface area contributed by atoms with Gasteiger partial charge in [-0.25, -0.2) is 0 Å². The van der Waals surface area contributed by atoms with Crippen molar-refractivity contribution in [2.45, 2.75) is 32.0 Å². The van der Waals surface area contributed by atoms with Gasteiger partial charge in [-0.15, -0.1) is 0 Å². The summed E-state index contributed by atoms with van der Waals surface area (Å²) in [5.41, 5.74) is -0.0364. The van der Waals surface area contributed by atoms with Gasteiger partial charge in [0.2, 0.25) is 0 Å². The predicted molar refractivity (Wildman–Crippen MR) is 90.5 cm³/mol. The summed E-state index contributed by atoms with van der Waals surface area (Å²) in [6, 6.07) is 12.4. The van der Waals surface area contributed by atoms with Crippen LogP contribution in [0.4, 0.5) is 18.9 Å². The van der Waals surface area contributed by atoms with Gasteiger partial charge >= 0.3 is 6.18 Å². The van der Waals surface area contributed by atoms with Crippen molar-refractivity contribution in [2.24, 2.45) is 0 Å². The molecule has 0 radical (unpaired) electrons. The molecular weight excluding hydrogens is 331 g/mol. The highest BCUT2D eigenvalue weighted by atomic mass is 19.4. The third-order valence-electron chi connectivity index (χ3n) is 3.91. The highest BCUT2D eigenvalue weighted by molar-refractivity contribution is 6.06. The average molecular weight is 351 g/mol. The van der Waals surface area contributed by atoms with Crippen LogP contribution in [0.15, 0.2) is 54.6 Å². The molecule has 0 aromatic heterocycles. The standard InChI is InChI=1S/C19H20F3NO2/c1-2-6-17(13-24)23(18(25)14-7-4-3-5-8-14)16-11-9-15(10-12-16)19(20,21)22/h3-5,7-12,17,24H,2,6,13H2,1H3. The molecule has 2 aromatic carbocycles. The predicted octanol–water partition coefficient (Wildman–Crippen LogP) is 4.51. The molecular formula is C19H20F3NO2. The van der Waals surface area contributed by atoms with E-state index >= 15 is 0 Å². The SMILES string of the molecule is CCCC(CO)N(C(=O)c1ccccc1)c1ccc(C(F)(F)F)cc1. The molecule has 0 aliphatic rings. The Morgan fingerprint density at radius 1 is 1.08 bits per heavy atom. The van der Waals surface area contributed by atoms with Gasteiger partial charge in [0.15, 0.2) is 0 Å². The minimum atomic E-state index is -4.44. The van der Waals surface area contributed by atoms with Crippen molar-refractivity contribution in [3.63, 3.8) is 0 Å². The van der Waals surface area contributed by atoms with E-state index in [-0.39, 0.29) is 12.5 Å². The summed E-state index contributed by atoms with van der Waals surface area (Å²) in [7, 11) is 0. The summed E-state index contributed by atoms with van der Waals surface area (Å²) in [6.45, 7) is 1.65. The third-order valence-corrected chi connectivity index (χ3v) is 3.91. The smallest absolute Gasteiger partial charge is 0.394 e. The average Bonchev–Trinajstić information content (AvgIpc) is 2.61. The lowest BCUT2D eigenvalue weighted by Gasteiger charge is -2.31. The van der Waals surface area contributed by atoms with Crippen LogP contribution in [0, 0.1) is 0 Å². The molecule has 0 saturated heterocycles. The van der Waals surface area contributed by atoms with Crippen LogP contribution in [0.25, 0.3) is 0 Å². The largest absolute Gasteiger partial charge is 0.416 e. The zero-order valence-electron chi connectivity index (χ0n) is 13.8. The second-order valence-electron chi connectivity index (χ2n) is 5.71. The monoisotopic (exact) mass is 351 g/mol. The molecule has 3 nitrogen and oxygen atoms in total. The number of amides is 1. The van der Waals surface area contributed by atoms with E-state index in [4.69, 9.17) is 0 Å². The van der Waals surface area contributed by atoms with Crippen LogP contribution in [0.2, 0.25) is 0 Å². The molecule has 134 valence electrons. The Morgan fingerprint density at radius 2 is 1.68 bits per heavy atom. The molecule has 6 heteroatoms. The van der Waals surface area contributed by atoms with Crippen LogP contribution in [-0.4, -0.2) is 23.7 Å². The number of carbonyl (C=O) groups is 1. The number of carbonyl (C=O) groups excluding carboxylic acids is 1. The molecule has 0 bridgehead atoms. The summed E-state index contributed by atoms with van der Waals surface area (Å²) in [6.07, 6.45) is -3.17. The van der Waals surface area contributed by atoms with Gasteiger partial charge < -0.3 is 10.0 Å². The van der Waals surface area contributed by atoms with Crippen molar-refractivity contribution in [2.75, 3.05) is 11.5 Å². The molecule has 1 atom stereocenters. The highest BCUT2D eigenvalue weighted by Gasteiger charge is 2.31. The molecule has 0 aliphatic heterocycles. The number of aliphatic hydroxyl groups excluding tert-OH is 1. The van der Waals surface area contributed by atoms with Crippen LogP contribution in [0.1, 0.15) is 35.7 Å². The fourth-order valence-corrected chi connectivity index (χ4v) is 2.66. The second-order valence-corrected chi connectivity index (χ2v) is 5.71. The van der Waals surface area contributed by atoms with Gasteiger partial charge in [-0.1, -0.05) is 31.5 Å². The molecule has 0 heterocycles. The quantitative estimate of drug-likeness (QED) is 0.832. The van der Waals surface area contributed by atoms with Crippen LogP contribution >= 0.6 is 0 Å². The summed E-state index contributed by atoms with van der Waals surface area (Å²) in [5, 5.41) is 9.69. The molecule has 25 heavy (non-hydrogen) atoms. The van der Waals surface area contributed by atoms with E-state index in [1.807, 2.05) is 6.92 Å². The summed E-state index contributed by atoms with van der Waals surface area (Å²) < 4.78 is 38.3. The van der Waals surface area contributed by atoms with E-state index in [1.165, 1.54) is 17.0 Å². The van der Waals surface area contributed by atoms with Crippen LogP contribution < -0.4 is 4.90 Å². The Bertz CT molecular complexity index is 684. The Morgan fingerprint density at radius 3 is 2.16 bits per heavy atom. The fraction of sp³-hybridized carbons (Fsp3) is 0.316. The minimum Gasteiger partial charge on any atom is -0.394 e. The number of benzene rings is 2. The lowest BCUT2D eigenvalue weighted by atomic mass is 10.1. The maximum atomic E-state index is 12.9. The van der Waals surface area contributed by atoms with Crippen LogP contribution in [0.5, 0.6) is 0 Å². The topological polar surface area (TPSA) is 40.5 Å². The molecule has 0 spiro atoms. The van der Waals surface area contributed by atoms with Crippen molar-refractivity contribution < 1.29 is 23.1 Å². The van der Waals surface area contributed by atoms with E-state index < -0.39 is 17.8 Å². The maximum absolute atomic E-state index is 12.9. The number of hydrogen-bond donors (Lipinski definition) is 1. The first-order chi connectivity index (χ1) is 11.9. The van der Waals surface area contributed by atoms with Crippen molar-refractivity contribution in [1.29, 1.82) is 0 Å². The number of nitrogens with zero attached hydrogens (tertiary/aromatic N) is 1. The second kappa shape index (κ2) is 8.16. The van der Waals surface area contributed by atoms with E-state index in [0.717, 1.165) is 18.6 Å². The zero-order valence-corrected chi connectivity index (χ0v) is 13.8. The van der Waals surface area contributed by atoms with Crippen LogP contribution in [-0.2, 0) is 6.18 Å². The fourth-order valence-electron chi connectivity index (χ4n) is 2.66. The Hall–Kier alpha value is -2.34. The number of halogens is 3. The van der Waals surface area contributed by atoms with Gasteiger partial charge in [-0.3, -0.25) is 4.79 Å². The number of hydrogen-bond acceptors (Lipinski definition) is 2. The maximum Gasteiger partial charge on any atom is 0.416 e. The minimum absolute atomic E-state index is 0.270. The lowest BCUT2D eigenvalue weighted by Crippen LogP contribution is -2.42. The van der Waals surface area contributed by atoms with Gasteiger partial charge in [0.1, 0.15) is 0 Å². The van der Waals surface area contributed by atoms with Gasteiger partial charge in [0, 0.05) is 11.3 Å². The molecule has 0 saturated carbocycles. The Labute approximate surface area is 144 Å². The molecule has 0 aliphatic carbocycles. The van der Waals surface area contributed by atoms with E-state index in [9.17, 15) is 23.1 Å². The number of alkyl halides is 3. The molecule has 2 aromatic rings. The van der Waals surface area contributed by atoms with Gasteiger partial charge in [-0.2, -0.15) is 13.2 Å². The van der Waals surface area contributed by atoms with Crippen molar-refractivity contribution in [1.82, 2.24) is 0 Å². The van der Waals surface area contributed by atoms with Crippen LogP contribution in [0.3, 0.4) is 0 Å². The molecule has 1 N–H and O–H groups in total. The molecule has 0 fully saturated rings. The molecule has 1 unspecified atom stereocenters. The molecule has 1 amide bonds. The third kappa shape index (κ3) is 4.60. The first-order valence-corrected chi connectivity index (χ1v) is 8.05. The first-order valence-electron chi connectivity index (χ1n) is 8.05. The van der Waals surface area contributed by atoms with Gasteiger partial charge in [0.25, 0.3) is 5.91 Å². The number of aliphatic hydroxyl groups is 1. The van der Waals surface area contributed by atoms with E-state index in [2.05, 4.69) is 0 Å². The zero-order chi connectivity index (χ0) is 18.4. The Balaban J connectivity index is 2.42. The summed E-state index contributed by atoms with van der Waals surface area (Å²) in [4.78, 5) is 14.3. The first kappa shape index (κ1) is 19.0. The van der Waals surface area contributed by atoms with Crippen molar-refractivity contribution in [3.8, 4) is 0 Å². The summed E-state index contributed by atoms with van der Waals surface area (Å²) in [5.74, 6) is -0.354. The number of anilines is 1. The van der Waals surface area contributed by atoms with Gasteiger partial charge in [-0.05, 0) is 42.8 Å². The van der Waals surface area contributed by atoms with E-state index in [0.29, 0.717) is 17.7 Å². The van der Waals surface area contributed by atoms with E-state index in [1.54, 1.807) is 30.3 Å². The Kier molecular flexibility index (Phi) is 6.20. The summed E-state index contributed by atoms with van der Waals surface area (Å²) >= 11 is 0. The lowest BCUT2D eigenvalue weighted by molar-refractivity contribution is -0.137. The van der Waals surface area contributed by atoms with Gasteiger partial charge in [0.05, 0.1) is 18.2 Å². The molecule has 2 rings (SSSR count). The normalized spacial score (nSPS) is 12.7.